The molecule has 5 heteroatoms. The molecule has 0 unspecified atom stereocenters. The Morgan fingerprint density at radius 3 is 1.36 bits per heavy atom. The molecule has 0 bridgehead atoms. The highest BCUT2D eigenvalue weighted by Gasteiger charge is 2.26. The lowest BCUT2D eigenvalue weighted by atomic mass is 9.86. The topological polar surface area (TPSA) is 27.7 Å². The van der Waals surface area contributed by atoms with Gasteiger partial charge in [-0.15, -0.1) is 0 Å². The average molecular weight is 381 g/mol. The van der Waals surface area contributed by atoms with Crippen molar-refractivity contribution >= 4 is 20.5 Å². The molecule has 2 rings (SSSR count). The van der Waals surface area contributed by atoms with E-state index in [2.05, 4.69) is 41.5 Å². The van der Waals surface area contributed by atoms with Crippen LogP contribution in [0.4, 0.5) is 0 Å². The lowest BCUT2D eigenvalue weighted by Crippen LogP contribution is -2.14. The van der Waals surface area contributed by atoms with Crippen LogP contribution in [0.1, 0.15) is 52.7 Å². The zero-order valence-electron chi connectivity index (χ0n) is 15.7. The van der Waals surface area contributed by atoms with E-state index >= 15 is 0 Å². The molecule has 0 fully saturated rings. The van der Waals surface area contributed by atoms with Crippen LogP contribution in [-0.2, 0) is 14.9 Å². The number of halogens is 1. The summed E-state index contributed by atoms with van der Waals surface area (Å²) in [6, 6.07) is 15.7. The number of para-hydroxylation sites is 2. The van der Waals surface area contributed by atoms with Crippen molar-refractivity contribution in [3.05, 3.63) is 59.7 Å². The van der Waals surface area contributed by atoms with Crippen LogP contribution in [0.3, 0.4) is 0 Å². The third-order valence-electron chi connectivity index (χ3n) is 3.79. The van der Waals surface area contributed by atoms with Gasteiger partial charge in [0.2, 0.25) is 0 Å². The number of hydrogen-bond acceptors (Lipinski definition) is 3. The minimum atomic E-state index is -1.77. The van der Waals surface area contributed by atoms with Crippen LogP contribution in [0.15, 0.2) is 48.5 Å². The summed E-state index contributed by atoms with van der Waals surface area (Å²) in [7, 11) is -1.77. The second-order valence-corrected chi connectivity index (χ2v) is 9.33. The minimum Gasteiger partial charge on any atom is -0.417 e. The maximum atomic E-state index is 5.98. The van der Waals surface area contributed by atoms with E-state index in [9.17, 15) is 0 Å². The van der Waals surface area contributed by atoms with Crippen LogP contribution in [0.2, 0.25) is 0 Å². The van der Waals surface area contributed by atoms with Crippen molar-refractivity contribution in [2.75, 3.05) is 0 Å². The van der Waals surface area contributed by atoms with Gasteiger partial charge in [0.05, 0.1) is 11.9 Å². The van der Waals surface area contributed by atoms with Crippen molar-refractivity contribution in [2.24, 2.45) is 0 Å². The Bertz CT molecular complexity index is 645. The molecule has 0 heterocycles. The third-order valence-corrected chi connectivity index (χ3v) is 4.93. The van der Waals surface area contributed by atoms with E-state index in [-0.39, 0.29) is 10.8 Å². The Hall–Kier alpha value is -1.28. The van der Waals surface area contributed by atoms with Crippen LogP contribution in [-0.4, -0.2) is 0 Å². The smallest absolute Gasteiger partial charge is 0.417 e. The molecule has 2 aromatic rings. The van der Waals surface area contributed by atoms with E-state index in [4.69, 9.17) is 25.0 Å². The van der Waals surface area contributed by atoms with Crippen molar-refractivity contribution in [3.63, 3.8) is 0 Å². The van der Waals surface area contributed by atoms with Crippen molar-refractivity contribution in [2.45, 2.75) is 52.4 Å². The zero-order valence-corrected chi connectivity index (χ0v) is 17.3. The Morgan fingerprint density at radius 1 is 0.680 bits per heavy atom. The molecule has 3 nitrogen and oxygen atoms in total. The maximum Gasteiger partial charge on any atom is 0.481 e. The molecule has 0 radical (unpaired) electrons. The molecule has 0 aliphatic heterocycles. The zero-order chi connectivity index (χ0) is 18.7. The highest BCUT2D eigenvalue weighted by Crippen LogP contribution is 2.47. The number of benzene rings is 2. The Morgan fingerprint density at radius 2 is 1.04 bits per heavy atom. The average Bonchev–Trinajstić information content (AvgIpc) is 2.53. The van der Waals surface area contributed by atoms with Gasteiger partial charge in [-0.1, -0.05) is 77.9 Å². The Kier molecular flexibility index (Phi) is 6.37. The molecule has 0 aromatic heterocycles. The predicted octanol–water partition coefficient (Wildman–Crippen LogP) is 7.14. The fourth-order valence-corrected chi connectivity index (χ4v) is 3.44. The lowest BCUT2D eigenvalue weighted by Gasteiger charge is -2.26. The van der Waals surface area contributed by atoms with E-state index in [1.807, 2.05) is 48.5 Å². The summed E-state index contributed by atoms with van der Waals surface area (Å²) in [6.07, 6.45) is 0. The van der Waals surface area contributed by atoms with Gasteiger partial charge in [-0.05, 0) is 23.0 Å². The van der Waals surface area contributed by atoms with Crippen LogP contribution < -0.4 is 9.05 Å². The van der Waals surface area contributed by atoms with Crippen molar-refractivity contribution in [1.82, 2.24) is 0 Å². The van der Waals surface area contributed by atoms with E-state index in [1.54, 1.807) is 0 Å². The molecule has 0 spiro atoms. The van der Waals surface area contributed by atoms with E-state index in [0.29, 0.717) is 0 Å². The second kappa shape index (κ2) is 7.95. The quantitative estimate of drug-likeness (QED) is 0.516. The number of hydrogen-bond donors (Lipinski definition) is 0. The molecule has 0 aliphatic rings. The molecule has 2 aromatic carbocycles. The van der Waals surface area contributed by atoms with Crippen LogP contribution in [0.25, 0.3) is 0 Å². The van der Waals surface area contributed by atoms with E-state index in [0.717, 1.165) is 22.6 Å². The summed E-state index contributed by atoms with van der Waals surface area (Å²) in [5.74, 6) is 1.44. The number of rotatable bonds is 5. The third kappa shape index (κ3) is 5.34. The van der Waals surface area contributed by atoms with Crippen molar-refractivity contribution < 1.29 is 13.1 Å². The summed E-state index contributed by atoms with van der Waals surface area (Å²) >= 11 is 5.68. The molecule has 25 heavy (non-hydrogen) atoms. The van der Waals surface area contributed by atoms with Gasteiger partial charge in [0.25, 0.3) is 0 Å². The largest absolute Gasteiger partial charge is 0.481 e. The van der Waals surface area contributed by atoms with Crippen LogP contribution in [0, 0.1) is 0 Å². The summed E-state index contributed by atoms with van der Waals surface area (Å²) in [5.41, 5.74) is 2.02. The van der Waals surface area contributed by atoms with Gasteiger partial charge in [-0.25, -0.2) is 0 Å². The Balaban J connectivity index is 2.27. The fraction of sp³-hybridized carbons (Fsp3) is 0.400. The van der Waals surface area contributed by atoms with Gasteiger partial charge >= 0.3 is 8.60 Å². The van der Waals surface area contributed by atoms with Gasteiger partial charge in [0.15, 0.2) is 0 Å². The summed E-state index contributed by atoms with van der Waals surface area (Å²) in [5, 5.41) is 0. The summed E-state index contributed by atoms with van der Waals surface area (Å²) in [6.45, 7) is 12.8. The van der Waals surface area contributed by atoms with Gasteiger partial charge < -0.3 is 9.05 Å². The molecular weight excluding hydrogens is 355 g/mol. The fourth-order valence-electron chi connectivity index (χ4n) is 2.54. The van der Waals surface area contributed by atoms with E-state index in [1.165, 1.54) is 0 Å². The first kappa shape index (κ1) is 20.0. The molecule has 0 amide bonds. The Labute approximate surface area is 157 Å². The van der Waals surface area contributed by atoms with Crippen molar-refractivity contribution in [3.8, 4) is 11.5 Å². The van der Waals surface area contributed by atoms with Gasteiger partial charge in [0.1, 0.15) is 11.5 Å². The first-order valence-corrected chi connectivity index (χ1v) is 9.67. The SMILES string of the molecule is CC(C)(C)c1ccccc1OP(OCl)Oc1ccccc1C(C)(C)C. The summed E-state index contributed by atoms with van der Waals surface area (Å²) < 4.78 is 16.9. The first-order valence-electron chi connectivity index (χ1n) is 8.26. The van der Waals surface area contributed by atoms with Gasteiger partial charge in [0, 0.05) is 11.1 Å². The molecule has 0 N–H and O–H groups in total. The van der Waals surface area contributed by atoms with Crippen LogP contribution in [0.5, 0.6) is 11.5 Å². The molecule has 0 saturated heterocycles. The minimum absolute atomic E-state index is 0.0623. The first-order chi connectivity index (χ1) is 11.6. The van der Waals surface area contributed by atoms with Gasteiger partial charge in [-0.3, -0.25) is 0 Å². The molecule has 0 saturated carbocycles. The highest BCUT2D eigenvalue weighted by molar-refractivity contribution is 7.43. The molecule has 136 valence electrons. The monoisotopic (exact) mass is 380 g/mol. The highest BCUT2D eigenvalue weighted by atomic mass is 35.5. The normalized spacial score (nSPS) is 12.3. The molecule has 0 aliphatic carbocycles. The molecule has 0 atom stereocenters. The van der Waals surface area contributed by atoms with Crippen molar-refractivity contribution in [1.29, 1.82) is 0 Å². The lowest BCUT2D eigenvalue weighted by molar-refractivity contribution is 0.390. The van der Waals surface area contributed by atoms with Crippen LogP contribution >= 0.6 is 20.5 Å². The van der Waals surface area contributed by atoms with Gasteiger partial charge in [-0.2, -0.15) is 4.08 Å². The summed E-state index contributed by atoms with van der Waals surface area (Å²) in [4.78, 5) is 0. The molecular formula is C20H26ClO3P. The standard InChI is InChI=1S/C20H26ClO3P/c1-19(2,3)15-11-7-9-13-17(15)22-25(24-21)23-18-14-10-8-12-16(18)20(4,5)6/h7-14H,1-6H3. The second-order valence-electron chi connectivity index (χ2n) is 7.97. The maximum absolute atomic E-state index is 5.98. The predicted molar refractivity (Wildman–Crippen MR) is 105 cm³/mol. The van der Waals surface area contributed by atoms with E-state index < -0.39 is 8.60 Å².